The van der Waals surface area contributed by atoms with Crippen molar-refractivity contribution in [1.29, 1.82) is 0 Å². The van der Waals surface area contributed by atoms with Crippen LogP contribution >= 0.6 is 0 Å². The van der Waals surface area contributed by atoms with Crippen molar-refractivity contribution in [2.45, 2.75) is 26.6 Å². The predicted octanol–water partition coefficient (Wildman–Crippen LogP) is 1.27. The molecule has 0 amide bonds. The van der Waals surface area contributed by atoms with E-state index in [0.29, 0.717) is 29.9 Å². The summed E-state index contributed by atoms with van der Waals surface area (Å²) in [5, 5.41) is 22.5. The van der Waals surface area contributed by atoms with E-state index in [2.05, 4.69) is 15.3 Å². The molecule has 5 heteroatoms. The average molecular weight is 259 g/mol. The van der Waals surface area contributed by atoms with Crippen molar-refractivity contribution < 1.29 is 10.2 Å². The van der Waals surface area contributed by atoms with Gasteiger partial charge in [0.1, 0.15) is 5.75 Å². The van der Waals surface area contributed by atoms with E-state index in [-0.39, 0.29) is 12.4 Å². The molecule has 2 rings (SSSR count). The molecule has 0 aliphatic carbocycles. The largest absolute Gasteiger partial charge is 0.506 e. The normalized spacial score (nSPS) is 10.6. The first-order chi connectivity index (χ1) is 9.22. The lowest BCUT2D eigenvalue weighted by atomic mass is 10.1. The van der Waals surface area contributed by atoms with E-state index < -0.39 is 0 Å². The summed E-state index contributed by atoms with van der Waals surface area (Å²) in [5.74, 6) is 0.147. The predicted molar refractivity (Wildman–Crippen MR) is 71.3 cm³/mol. The summed E-state index contributed by atoms with van der Waals surface area (Å²) in [6, 6.07) is 3.86. The van der Waals surface area contributed by atoms with E-state index in [0.717, 1.165) is 5.56 Å². The van der Waals surface area contributed by atoms with Gasteiger partial charge in [0.15, 0.2) is 0 Å². The lowest BCUT2D eigenvalue weighted by Gasteiger charge is -2.12. The van der Waals surface area contributed by atoms with Crippen molar-refractivity contribution in [3.63, 3.8) is 0 Å². The highest BCUT2D eigenvalue weighted by Gasteiger charge is 2.10. The molecule has 2 aromatic heterocycles. The summed E-state index contributed by atoms with van der Waals surface area (Å²) in [4.78, 5) is 7.99. The highest BCUT2D eigenvalue weighted by atomic mass is 16.3. The fourth-order valence-electron chi connectivity index (χ4n) is 1.85. The molecular weight excluding hydrogens is 242 g/mol. The van der Waals surface area contributed by atoms with Gasteiger partial charge in [0.05, 0.1) is 12.3 Å². The molecule has 0 saturated carbocycles. The number of pyridine rings is 2. The van der Waals surface area contributed by atoms with E-state index in [1.165, 1.54) is 0 Å². The molecule has 0 atom stereocenters. The molecule has 0 radical (unpaired) electrons. The van der Waals surface area contributed by atoms with Crippen molar-refractivity contribution >= 4 is 0 Å². The Kier molecular flexibility index (Phi) is 4.43. The van der Waals surface area contributed by atoms with Crippen LogP contribution in [-0.2, 0) is 19.7 Å². The standard InChI is InChI=1S/C14H17N3O2/c1-10-14(19)13(12(9-18)7-17-10)8-16-6-11-2-4-15-5-3-11/h2-5,7,16,18-19H,6,8-9H2,1H3. The van der Waals surface area contributed by atoms with Crippen molar-refractivity contribution in [1.82, 2.24) is 15.3 Å². The number of nitrogens with zero attached hydrogens (tertiary/aromatic N) is 2. The van der Waals surface area contributed by atoms with Gasteiger partial charge in [0.25, 0.3) is 0 Å². The molecule has 0 aliphatic heterocycles. The number of aliphatic hydroxyl groups is 1. The number of rotatable bonds is 5. The van der Waals surface area contributed by atoms with Crippen LogP contribution in [0.3, 0.4) is 0 Å². The second-order valence-electron chi connectivity index (χ2n) is 4.31. The van der Waals surface area contributed by atoms with Gasteiger partial charge in [0.2, 0.25) is 0 Å². The SMILES string of the molecule is Cc1ncc(CO)c(CNCc2ccncc2)c1O. The first kappa shape index (κ1) is 13.5. The first-order valence-electron chi connectivity index (χ1n) is 6.09. The van der Waals surface area contributed by atoms with E-state index in [9.17, 15) is 10.2 Å². The number of aromatic hydroxyl groups is 1. The monoisotopic (exact) mass is 259 g/mol. The lowest BCUT2D eigenvalue weighted by molar-refractivity contribution is 0.278. The van der Waals surface area contributed by atoms with Crippen LogP contribution in [0, 0.1) is 6.92 Å². The van der Waals surface area contributed by atoms with Gasteiger partial charge in [-0.1, -0.05) is 0 Å². The van der Waals surface area contributed by atoms with Crippen molar-refractivity contribution in [3.05, 3.63) is 53.1 Å². The molecule has 2 aromatic rings. The van der Waals surface area contributed by atoms with E-state index in [1.54, 1.807) is 25.5 Å². The lowest BCUT2D eigenvalue weighted by Crippen LogP contribution is -2.15. The molecule has 0 unspecified atom stereocenters. The van der Waals surface area contributed by atoms with Crippen molar-refractivity contribution in [2.75, 3.05) is 0 Å². The molecule has 0 bridgehead atoms. The minimum Gasteiger partial charge on any atom is -0.506 e. The van der Waals surface area contributed by atoms with Crippen LogP contribution in [0.4, 0.5) is 0 Å². The Hall–Kier alpha value is -1.98. The topological polar surface area (TPSA) is 78.3 Å². The number of aliphatic hydroxyl groups excluding tert-OH is 1. The third-order valence-corrected chi connectivity index (χ3v) is 2.98. The number of aromatic nitrogens is 2. The maximum absolute atomic E-state index is 9.98. The van der Waals surface area contributed by atoms with Crippen LogP contribution in [0.25, 0.3) is 0 Å². The number of aryl methyl sites for hydroxylation is 1. The van der Waals surface area contributed by atoms with Gasteiger partial charge in [0, 0.05) is 42.8 Å². The van der Waals surface area contributed by atoms with E-state index >= 15 is 0 Å². The summed E-state index contributed by atoms with van der Waals surface area (Å²) in [7, 11) is 0. The second-order valence-corrected chi connectivity index (χ2v) is 4.31. The summed E-state index contributed by atoms with van der Waals surface area (Å²) in [6.07, 6.45) is 5.08. The molecule has 5 nitrogen and oxygen atoms in total. The van der Waals surface area contributed by atoms with Gasteiger partial charge < -0.3 is 15.5 Å². The van der Waals surface area contributed by atoms with Gasteiger partial charge in [-0.3, -0.25) is 9.97 Å². The molecule has 0 saturated heterocycles. The van der Waals surface area contributed by atoms with Gasteiger partial charge >= 0.3 is 0 Å². The number of hydrogen-bond donors (Lipinski definition) is 3. The summed E-state index contributed by atoms with van der Waals surface area (Å²) < 4.78 is 0. The van der Waals surface area contributed by atoms with Crippen molar-refractivity contribution in [3.8, 4) is 5.75 Å². The Morgan fingerprint density at radius 3 is 2.63 bits per heavy atom. The zero-order chi connectivity index (χ0) is 13.7. The van der Waals surface area contributed by atoms with Gasteiger partial charge in [-0.2, -0.15) is 0 Å². The zero-order valence-electron chi connectivity index (χ0n) is 10.8. The minimum atomic E-state index is -0.132. The third kappa shape index (κ3) is 3.27. The van der Waals surface area contributed by atoms with Crippen LogP contribution < -0.4 is 5.32 Å². The molecule has 0 aromatic carbocycles. The van der Waals surface area contributed by atoms with Gasteiger partial charge in [-0.15, -0.1) is 0 Å². The van der Waals surface area contributed by atoms with E-state index in [1.807, 2.05) is 12.1 Å². The van der Waals surface area contributed by atoms with Crippen LogP contribution in [0.1, 0.15) is 22.4 Å². The Morgan fingerprint density at radius 2 is 1.95 bits per heavy atom. The van der Waals surface area contributed by atoms with Gasteiger partial charge in [-0.05, 0) is 24.6 Å². The van der Waals surface area contributed by atoms with E-state index in [4.69, 9.17) is 0 Å². The smallest absolute Gasteiger partial charge is 0.141 e. The summed E-state index contributed by atoms with van der Waals surface area (Å²) >= 11 is 0. The quantitative estimate of drug-likeness (QED) is 0.753. The first-order valence-corrected chi connectivity index (χ1v) is 6.09. The Labute approximate surface area is 112 Å². The second kappa shape index (κ2) is 6.26. The van der Waals surface area contributed by atoms with Crippen molar-refractivity contribution in [2.24, 2.45) is 0 Å². The molecule has 0 spiro atoms. The molecular formula is C14H17N3O2. The molecule has 0 aliphatic rings. The molecule has 19 heavy (non-hydrogen) atoms. The molecule has 100 valence electrons. The number of nitrogens with one attached hydrogen (secondary N) is 1. The van der Waals surface area contributed by atoms with Gasteiger partial charge in [-0.25, -0.2) is 0 Å². The summed E-state index contributed by atoms with van der Waals surface area (Å²) in [6.45, 7) is 2.76. The summed E-state index contributed by atoms with van der Waals surface area (Å²) in [5.41, 5.74) is 3.03. The maximum atomic E-state index is 9.98. The zero-order valence-corrected chi connectivity index (χ0v) is 10.8. The Balaban J connectivity index is 2.05. The molecule has 0 fully saturated rings. The van der Waals surface area contributed by atoms with Crippen LogP contribution in [0.2, 0.25) is 0 Å². The Morgan fingerprint density at radius 1 is 1.21 bits per heavy atom. The van der Waals surface area contributed by atoms with Crippen LogP contribution in [-0.4, -0.2) is 20.2 Å². The van der Waals surface area contributed by atoms with Crippen LogP contribution in [0.5, 0.6) is 5.75 Å². The minimum absolute atomic E-state index is 0.132. The highest BCUT2D eigenvalue weighted by Crippen LogP contribution is 2.23. The third-order valence-electron chi connectivity index (χ3n) is 2.98. The number of hydrogen-bond acceptors (Lipinski definition) is 5. The molecule has 3 N–H and O–H groups in total. The fourth-order valence-corrected chi connectivity index (χ4v) is 1.85. The average Bonchev–Trinajstić information content (AvgIpc) is 2.45. The van der Waals surface area contributed by atoms with Crippen LogP contribution in [0.15, 0.2) is 30.7 Å². The highest BCUT2D eigenvalue weighted by molar-refractivity contribution is 5.40. The Bertz CT molecular complexity index is 544. The molecule has 2 heterocycles. The fraction of sp³-hybridized carbons (Fsp3) is 0.286. The maximum Gasteiger partial charge on any atom is 0.141 e.